The van der Waals surface area contributed by atoms with Crippen LogP contribution in [0.25, 0.3) is 0 Å². The first-order valence-corrected chi connectivity index (χ1v) is 7.58. The molecule has 2 heterocycles. The minimum atomic E-state index is 0.121. The maximum atomic E-state index is 12.5. The molecule has 0 saturated carbocycles. The fourth-order valence-electron chi connectivity index (χ4n) is 2.84. The van der Waals surface area contributed by atoms with Gasteiger partial charge in [-0.25, -0.2) is 0 Å². The van der Waals surface area contributed by atoms with Crippen molar-refractivity contribution in [3.8, 4) is 0 Å². The Kier molecular flexibility index (Phi) is 3.92. The molecule has 5 nitrogen and oxygen atoms in total. The van der Waals surface area contributed by atoms with Crippen LogP contribution in [-0.2, 0) is 0 Å². The van der Waals surface area contributed by atoms with Gasteiger partial charge in [-0.05, 0) is 38.1 Å². The highest BCUT2D eigenvalue weighted by atomic mass is 16.2. The van der Waals surface area contributed by atoms with Crippen LogP contribution in [0.3, 0.4) is 0 Å². The quantitative estimate of drug-likeness (QED) is 0.900. The zero-order valence-electron chi connectivity index (χ0n) is 12.7. The minimum Gasteiger partial charge on any atom is -0.336 e. The number of nitrogens with one attached hydrogen (secondary N) is 1. The van der Waals surface area contributed by atoms with Crippen LogP contribution in [0, 0.1) is 0 Å². The van der Waals surface area contributed by atoms with Gasteiger partial charge in [0.1, 0.15) is 0 Å². The van der Waals surface area contributed by atoms with Crippen LogP contribution in [0.5, 0.6) is 0 Å². The standard InChI is InChI=1S/C16H22N4O/c1-12-7-9-20(18-12)15-5-3-14(4-6-15)16(21)19-10-8-17-13(2)11-19/h3-6,13,17H,7-11H2,1-2H3/t13-/m1/s1. The number of hydrogen-bond donors (Lipinski definition) is 1. The zero-order chi connectivity index (χ0) is 14.8. The van der Waals surface area contributed by atoms with Crippen molar-refractivity contribution in [2.75, 3.05) is 31.2 Å². The van der Waals surface area contributed by atoms with Crippen molar-refractivity contribution in [3.05, 3.63) is 29.8 Å². The molecule has 0 aliphatic carbocycles. The second-order valence-corrected chi connectivity index (χ2v) is 5.86. The molecular weight excluding hydrogens is 264 g/mol. The van der Waals surface area contributed by atoms with Gasteiger partial charge < -0.3 is 10.2 Å². The van der Waals surface area contributed by atoms with Gasteiger partial charge in [0.15, 0.2) is 0 Å². The molecule has 2 aliphatic rings. The Morgan fingerprint density at radius 1 is 1.29 bits per heavy atom. The Labute approximate surface area is 125 Å². The predicted molar refractivity (Wildman–Crippen MR) is 84.9 cm³/mol. The summed E-state index contributed by atoms with van der Waals surface area (Å²) in [6.07, 6.45) is 1.01. The van der Waals surface area contributed by atoms with E-state index >= 15 is 0 Å². The summed E-state index contributed by atoms with van der Waals surface area (Å²) in [7, 11) is 0. The second kappa shape index (κ2) is 5.85. The van der Waals surface area contributed by atoms with Gasteiger partial charge in [-0.1, -0.05) is 0 Å². The number of rotatable bonds is 2. The van der Waals surface area contributed by atoms with Gasteiger partial charge >= 0.3 is 0 Å². The van der Waals surface area contributed by atoms with Crippen molar-refractivity contribution < 1.29 is 4.79 Å². The molecule has 0 aromatic heterocycles. The number of nitrogens with zero attached hydrogens (tertiary/aromatic N) is 3. The summed E-state index contributed by atoms with van der Waals surface area (Å²) in [5.41, 5.74) is 2.97. The molecule has 0 bridgehead atoms. The van der Waals surface area contributed by atoms with E-state index in [1.54, 1.807) is 0 Å². The highest BCUT2D eigenvalue weighted by Crippen LogP contribution is 2.20. The fourth-order valence-corrected chi connectivity index (χ4v) is 2.84. The molecule has 1 saturated heterocycles. The molecule has 2 aliphatic heterocycles. The third-order valence-electron chi connectivity index (χ3n) is 4.05. The lowest BCUT2D eigenvalue weighted by Crippen LogP contribution is -2.51. The van der Waals surface area contributed by atoms with Gasteiger partial charge in [0.25, 0.3) is 5.91 Å². The molecular formula is C16H22N4O. The Morgan fingerprint density at radius 2 is 2.05 bits per heavy atom. The third kappa shape index (κ3) is 3.08. The van der Waals surface area contributed by atoms with E-state index in [4.69, 9.17) is 0 Å². The molecule has 1 amide bonds. The van der Waals surface area contributed by atoms with Gasteiger partial charge in [0.05, 0.1) is 5.69 Å². The molecule has 0 radical (unpaired) electrons. The molecule has 1 aromatic rings. The highest BCUT2D eigenvalue weighted by molar-refractivity contribution is 5.94. The summed E-state index contributed by atoms with van der Waals surface area (Å²) in [5, 5.41) is 9.83. The van der Waals surface area contributed by atoms with E-state index in [0.717, 1.165) is 49.6 Å². The lowest BCUT2D eigenvalue weighted by Gasteiger charge is -2.32. The van der Waals surface area contributed by atoms with Gasteiger partial charge in [-0.3, -0.25) is 9.80 Å². The zero-order valence-corrected chi connectivity index (χ0v) is 12.7. The molecule has 0 spiro atoms. The second-order valence-electron chi connectivity index (χ2n) is 5.86. The van der Waals surface area contributed by atoms with E-state index in [2.05, 4.69) is 17.3 Å². The number of hydrogen-bond acceptors (Lipinski definition) is 4. The number of amides is 1. The maximum absolute atomic E-state index is 12.5. The van der Waals surface area contributed by atoms with E-state index in [0.29, 0.717) is 6.04 Å². The van der Waals surface area contributed by atoms with Crippen molar-refractivity contribution in [1.29, 1.82) is 0 Å². The van der Waals surface area contributed by atoms with Gasteiger partial charge in [-0.2, -0.15) is 5.10 Å². The lowest BCUT2D eigenvalue weighted by atomic mass is 10.1. The summed E-state index contributed by atoms with van der Waals surface area (Å²) < 4.78 is 0. The van der Waals surface area contributed by atoms with E-state index in [9.17, 15) is 4.79 Å². The molecule has 1 aromatic carbocycles. The van der Waals surface area contributed by atoms with Crippen molar-refractivity contribution >= 4 is 17.3 Å². The molecule has 3 rings (SSSR count). The normalized spacial score (nSPS) is 22.4. The van der Waals surface area contributed by atoms with Crippen molar-refractivity contribution in [2.24, 2.45) is 5.10 Å². The third-order valence-corrected chi connectivity index (χ3v) is 4.05. The summed E-state index contributed by atoms with van der Waals surface area (Å²) >= 11 is 0. The Bertz CT molecular complexity index is 552. The molecule has 112 valence electrons. The average molecular weight is 286 g/mol. The molecule has 1 atom stereocenters. The molecule has 1 fully saturated rings. The topological polar surface area (TPSA) is 47.9 Å². The van der Waals surface area contributed by atoms with Crippen LogP contribution in [-0.4, -0.2) is 48.7 Å². The van der Waals surface area contributed by atoms with Crippen LogP contribution in [0.15, 0.2) is 29.4 Å². The van der Waals surface area contributed by atoms with Crippen LogP contribution < -0.4 is 10.3 Å². The van der Waals surface area contributed by atoms with Crippen molar-refractivity contribution in [2.45, 2.75) is 26.3 Å². The first-order chi connectivity index (χ1) is 10.1. The number of carbonyl (C=O) groups is 1. The number of carbonyl (C=O) groups excluding carboxylic acids is 1. The Balaban J connectivity index is 1.70. The number of benzene rings is 1. The monoisotopic (exact) mass is 286 g/mol. The molecule has 1 N–H and O–H groups in total. The van der Waals surface area contributed by atoms with Gasteiger partial charge in [0, 0.05) is 49.9 Å². The Morgan fingerprint density at radius 3 is 2.67 bits per heavy atom. The van der Waals surface area contributed by atoms with Crippen LogP contribution in [0.1, 0.15) is 30.6 Å². The smallest absolute Gasteiger partial charge is 0.253 e. The maximum Gasteiger partial charge on any atom is 0.253 e. The number of anilines is 1. The molecule has 0 unspecified atom stereocenters. The number of hydrazone groups is 1. The summed E-state index contributed by atoms with van der Waals surface area (Å²) in [6, 6.07) is 8.16. The Hall–Kier alpha value is -1.88. The summed E-state index contributed by atoms with van der Waals surface area (Å²) in [6.45, 7) is 7.50. The first kappa shape index (κ1) is 14.1. The largest absolute Gasteiger partial charge is 0.336 e. The van der Waals surface area contributed by atoms with E-state index in [1.807, 2.05) is 41.1 Å². The van der Waals surface area contributed by atoms with Gasteiger partial charge in [-0.15, -0.1) is 0 Å². The SMILES string of the molecule is CC1=NN(c2ccc(C(=O)N3CCN[C@H](C)C3)cc2)CC1. The van der Waals surface area contributed by atoms with Crippen molar-refractivity contribution in [1.82, 2.24) is 10.2 Å². The first-order valence-electron chi connectivity index (χ1n) is 7.58. The minimum absolute atomic E-state index is 0.121. The molecule has 21 heavy (non-hydrogen) atoms. The molecule has 5 heteroatoms. The van der Waals surface area contributed by atoms with Crippen molar-refractivity contribution in [3.63, 3.8) is 0 Å². The average Bonchev–Trinajstić information content (AvgIpc) is 2.93. The van der Waals surface area contributed by atoms with Crippen LogP contribution in [0.2, 0.25) is 0 Å². The van der Waals surface area contributed by atoms with Gasteiger partial charge in [0.2, 0.25) is 0 Å². The highest BCUT2D eigenvalue weighted by Gasteiger charge is 2.22. The van der Waals surface area contributed by atoms with E-state index < -0.39 is 0 Å². The van der Waals surface area contributed by atoms with Crippen LogP contribution in [0.4, 0.5) is 5.69 Å². The van der Waals surface area contributed by atoms with E-state index in [-0.39, 0.29) is 5.91 Å². The predicted octanol–water partition coefficient (Wildman–Crippen LogP) is 1.71. The summed E-state index contributed by atoms with van der Waals surface area (Å²) in [4.78, 5) is 14.4. The fraction of sp³-hybridized carbons (Fsp3) is 0.500. The van der Waals surface area contributed by atoms with E-state index in [1.165, 1.54) is 0 Å². The van der Waals surface area contributed by atoms with Crippen LogP contribution >= 0.6 is 0 Å². The summed E-state index contributed by atoms with van der Waals surface area (Å²) in [5.74, 6) is 0.121. The number of piperazine rings is 1. The lowest BCUT2D eigenvalue weighted by molar-refractivity contribution is 0.0709.